The van der Waals surface area contributed by atoms with Crippen LogP contribution in [0.4, 0.5) is 0 Å². The average Bonchev–Trinajstić information content (AvgIpc) is 3.28. The molecule has 2 heterocycles. The van der Waals surface area contributed by atoms with Gasteiger partial charge in [-0.2, -0.15) is 0 Å². The first-order valence-corrected chi connectivity index (χ1v) is 9.98. The summed E-state index contributed by atoms with van der Waals surface area (Å²) < 4.78 is 7.08. The minimum absolute atomic E-state index is 0.732. The lowest BCUT2D eigenvalue weighted by Crippen LogP contribution is -2.15. The van der Waals surface area contributed by atoms with Gasteiger partial charge in [0.15, 0.2) is 0 Å². The van der Waals surface area contributed by atoms with Crippen molar-refractivity contribution in [3.63, 3.8) is 0 Å². The predicted octanol–water partition coefficient (Wildman–Crippen LogP) is 5.62. The Morgan fingerprint density at radius 1 is 1.11 bits per heavy atom. The van der Waals surface area contributed by atoms with Crippen molar-refractivity contribution in [1.29, 1.82) is 0 Å². The maximum Gasteiger partial charge on any atom is 0.134 e. The second-order valence-corrected chi connectivity index (χ2v) is 7.62. The predicted molar refractivity (Wildman–Crippen MR) is 113 cm³/mol. The summed E-state index contributed by atoms with van der Waals surface area (Å²) >= 11 is 3.50. The number of halogens is 1. The molecule has 5 heteroatoms. The van der Waals surface area contributed by atoms with Crippen molar-refractivity contribution >= 4 is 27.0 Å². The van der Waals surface area contributed by atoms with Crippen molar-refractivity contribution in [3.05, 3.63) is 76.2 Å². The third-order valence-corrected chi connectivity index (χ3v) is 5.11. The monoisotopic (exact) mass is 423 g/mol. The van der Waals surface area contributed by atoms with Crippen LogP contribution in [0, 0.1) is 6.92 Å². The van der Waals surface area contributed by atoms with Gasteiger partial charge in [-0.25, -0.2) is 4.98 Å². The lowest BCUT2D eigenvalue weighted by Gasteiger charge is -2.04. The SMILES string of the molecule is Cc1cc(Br)ccc1-c1ccc(CNCCCc2nc3ccccc3[nH]2)o1. The van der Waals surface area contributed by atoms with Gasteiger partial charge in [0, 0.05) is 16.5 Å². The highest BCUT2D eigenvalue weighted by Gasteiger charge is 2.08. The van der Waals surface area contributed by atoms with Crippen LogP contribution in [0.2, 0.25) is 0 Å². The van der Waals surface area contributed by atoms with Gasteiger partial charge < -0.3 is 14.7 Å². The smallest absolute Gasteiger partial charge is 0.134 e. The number of benzene rings is 2. The van der Waals surface area contributed by atoms with Gasteiger partial charge in [0.1, 0.15) is 17.3 Å². The summed E-state index contributed by atoms with van der Waals surface area (Å²) in [5.41, 5.74) is 4.47. The van der Waals surface area contributed by atoms with E-state index in [-0.39, 0.29) is 0 Å². The number of rotatable bonds is 7. The summed E-state index contributed by atoms with van der Waals surface area (Å²) in [6, 6.07) is 18.5. The summed E-state index contributed by atoms with van der Waals surface area (Å²) in [7, 11) is 0. The van der Waals surface area contributed by atoms with Crippen molar-refractivity contribution in [2.24, 2.45) is 0 Å². The van der Waals surface area contributed by atoms with E-state index in [1.807, 2.05) is 36.4 Å². The average molecular weight is 424 g/mol. The number of hydrogen-bond acceptors (Lipinski definition) is 3. The highest BCUT2D eigenvalue weighted by molar-refractivity contribution is 9.10. The van der Waals surface area contributed by atoms with Crippen molar-refractivity contribution in [2.45, 2.75) is 26.3 Å². The zero-order valence-corrected chi connectivity index (χ0v) is 16.8. The lowest BCUT2D eigenvalue weighted by atomic mass is 10.1. The number of aromatic amines is 1. The van der Waals surface area contributed by atoms with E-state index in [2.05, 4.69) is 56.3 Å². The van der Waals surface area contributed by atoms with E-state index in [1.165, 1.54) is 5.56 Å². The zero-order valence-electron chi connectivity index (χ0n) is 15.3. The number of nitrogens with one attached hydrogen (secondary N) is 2. The number of H-pyrrole nitrogens is 1. The number of imidazole rings is 1. The molecule has 0 saturated heterocycles. The van der Waals surface area contributed by atoms with Crippen LogP contribution in [-0.4, -0.2) is 16.5 Å². The molecule has 138 valence electrons. The fourth-order valence-electron chi connectivity index (χ4n) is 3.24. The van der Waals surface area contributed by atoms with Gasteiger partial charge in [0.25, 0.3) is 0 Å². The van der Waals surface area contributed by atoms with Crippen molar-refractivity contribution in [2.75, 3.05) is 6.54 Å². The summed E-state index contributed by atoms with van der Waals surface area (Å²) in [5.74, 6) is 2.92. The maximum atomic E-state index is 6.00. The Morgan fingerprint density at radius 2 is 2.00 bits per heavy atom. The number of hydrogen-bond donors (Lipinski definition) is 2. The summed E-state index contributed by atoms with van der Waals surface area (Å²) in [6.07, 6.45) is 1.96. The Hall–Kier alpha value is -2.37. The molecule has 4 nitrogen and oxygen atoms in total. The van der Waals surface area contributed by atoms with E-state index in [0.717, 1.165) is 64.3 Å². The molecule has 2 aromatic carbocycles. The molecule has 0 bridgehead atoms. The molecule has 2 N–H and O–H groups in total. The minimum atomic E-state index is 0.732. The molecule has 0 fully saturated rings. The van der Waals surface area contributed by atoms with Gasteiger partial charge in [0.2, 0.25) is 0 Å². The third kappa shape index (κ3) is 4.31. The molecule has 27 heavy (non-hydrogen) atoms. The molecule has 0 aliphatic heterocycles. The van der Waals surface area contributed by atoms with E-state index in [0.29, 0.717) is 0 Å². The molecule has 0 aliphatic rings. The second kappa shape index (κ2) is 8.11. The zero-order chi connectivity index (χ0) is 18.6. The van der Waals surface area contributed by atoms with Crippen LogP contribution in [0.3, 0.4) is 0 Å². The fraction of sp³-hybridized carbons (Fsp3) is 0.227. The molecule has 4 rings (SSSR count). The quantitative estimate of drug-likeness (QED) is 0.379. The van der Waals surface area contributed by atoms with E-state index in [1.54, 1.807) is 0 Å². The summed E-state index contributed by atoms with van der Waals surface area (Å²) in [6.45, 7) is 3.75. The highest BCUT2D eigenvalue weighted by Crippen LogP contribution is 2.27. The van der Waals surface area contributed by atoms with Gasteiger partial charge in [0.05, 0.1) is 17.6 Å². The van der Waals surface area contributed by atoms with Crippen LogP contribution in [0.25, 0.3) is 22.4 Å². The minimum Gasteiger partial charge on any atom is -0.460 e. The van der Waals surface area contributed by atoms with Gasteiger partial charge in [-0.15, -0.1) is 0 Å². The first-order valence-electron chi connectivity index (χ1n) is 9.18. The molecule has 0 saturated carbocycles. The molecule has 2 aromatic heterocycles. The Labute approximate surface area is 167 Å². The molecule has 0 unspecified atom stereocenters. The van der Waals surface area contributed by atoms with E-state index < -0.39 is 0 Å². The van der Waals surface area contributed by atoms with Gasteiger partial charge in [-0.1, -0.05) is 28.1 Å². The third-order valence-electron chi connectivity index (χ3n) is 4.62. The number of para-hydroxylation sites is 2. The number of aryl methyl sites for hydroxylation is 2. The van der Waals surface area contributed by atoms with Crippen LogP contribution in [0.1, 0.15) is 23.6 Å². The van der Waals surface area contributed by atoms with Crippen LogP contribution in [0.15, 0.2) is 63.5 Å². The van der Waals surface area contributed by atoms with Crippen LogP contribution < -0.4 is 5.32 Å². The molecule has 4 aromatic rings. The van der Waals surface area contributed by atoms with Gasteiger partial charge >= 0.3 is 0 Å². The molecule has 0 atom stereocenters. The standard InChI is InChI=1S/C22H22BrN3O/c1-15-13-16(23)8-10-18(15)21-11-9-17(27-21)14-24-12-4-7-22-25-19-5-2-3-6-20(19)26-22/h2-3,5-6,8-11,13,24H,4,7,12,14H2,1H3,(H,25,26). The first kappa shape index (κ1) is 18.0. The summed E-state index contributed by atoms with van der Waals surface area (Å²) in [4.78, 5) is 7.99. The van der Waals surface area contributed by atoms with E-state index >= 15 is 0 Å². The molecular formula is C22H22BrN3O. The summed E-state index contributed by atoms with van der Waals surface area (Å²) in [5, 5.41) is 3.45. The topological polar surface area (TPSA) is 53.9 Å². The Bertz CT molecular complexity index is 1020. The van der Waals surface area contributed by atoms with E-state index in [4.69, 9.17) is 4.42 Å². The fourth-order valence-corrected chi connectivity index (χ4v) is 3.71. The van der Waals surface area contributed by atoms with Crippen LogP contribution in [-0.2, 0) is 13.0 Å². The van der Waals surface area contributed by atoms with Crippen LogP contribution >= 0.6 is 15.9 Å². The largest absolute Gasteiger partial charge is 0.460 e. The maximum absolute atomic E-state index is 6.00. The first-order chi connectivity index (χ1) is 13.2. The Morgan fingerprint density at radius 3 is 2.85 bits per heavy atom. The van der Waals surface area contributed by atoms with E-state index in [9.17, 15) is 0 Å². The molecule has 0 amide bonds. The number of fused-ring (bicyclic) bond motifs is 1. The second-order valence-electron chi connectivity index (χ2n) is 6.71. The molecule has 0 spiro atoms. The normalized spacial score (nSPS) is 11.3. The number of aromatic nitrogens is 2. The van der Waals surface area contributed by atoms with Gasteiger partial charge in [-0.05, 0) is 67.9 Å². The van der Waals surface area contributed by atoms with Gasteiger partial charge in [-0.3, -0.25) is 0 Å². The van der Waals surface area contributed by atoms with Crippen molar-refractivity contribution in [3.8, 4) is 11.3 Å². The Kier molecular flexibility index (Phi) is 5.41. The Balaban J connectivity index is 1.26. The lowest BCUT2D eigenvalue weighted by molar-refractivity contribution is 0.490. The van der Waals surface area contributed by atoms with Crippen molar-refractivity contribution in [1.82, 2.24) is 15.3 Å². The van der Waals surface area contributed by atoms with Crippen molar-refractivity contribution < 1.29 is 4.42 Å². The number of nitrogens with zero attached hydrogens (tertiary/aromatic N) is 1. The highest BCUT2D eigenvalue weighted by atomic mass is 79.9. The molecule has 0 aliphatic carbocycles. The molecule has 0 radical (unpaired) electrons. The van der Waals surface area contributed by atoms with Crippen LogP contribution in [0.5, 0.6) is 0 Å². The molecular weight excluding hydrogens is 402 g/mol. The number of furan rings is 1.